The second-order valence-electron chi connectivity index (χ2n) is 7.27. The van der Waals surface area contributed by atoms with Gasteiger partial charge in [-0.25, -0.2) is 9.97 Å². The van der Waals surface area contributed by atoms with Crippen LogP contribution in [0.15, 0.2) is 36.5 Å². The third-order valence-electron chi connectivity index (χ3n) is 4.84. The number of pyridine rings is 1. The third kappa shape index (κ3) is 4.03. The third-order valence-corrected chi connectivity index (χ3v) is 6.38. The Morgan fingerprint density at radius 2 is 1.90 bits per heavy atom. The molecule has 0 atom stereocenters. The van der Waals surface area contributed by atoms with Gasteiger partial charge in [0.15, 0.2) is 5.13 Å². The number of amides is 1. The van der Waals surface area contributed by atoms with E-state index in [4.69, 9.17) is 16.6 Å². The second-order valence-corrected chi connectivity index (χ2v) is 8.66. The number of halogens is 2. The van der Waals surface area contributed by atoms with Gasteiger partial charge < -0.3 is 4.90 Å². The topological polar surface area (TPSA) is 53.7 Å². The summed E-state index contributed by atoms with van der Waals surface area (Å²) in [6, 6.07) is 9.54. The number of thiazole rings is 1. The molecule has 0 aliphatic rings. The van der Waals surface area contributed by atoms with Crippen molar-refractivity contribution in [1.82, 2.24) is 19.3 Å². The van der Waals surface area contributed by atoms with Crippen molar-refractivity contribution in [2.45, 2.75) is 13.8 Å². The zero-order valence-electron chi connectivity index (χ0n) is 17.2. The van der Waals surface area contributed by atoms with Crippen LogP contribution in [0.5, 0.6) is 0 Å². The maximum absolute atomic E-state index is 13.7. The van der Waals surface area contributed by atoms with E-state index in [9.17, 15) is 4.79 Å². The standard InChI is InChI=1S/C21H22ClN5OS.ClH/c1-13-8-9-15(22)19-17(13)24-21(29-19)27(12-11-25(3)4)20(28)18-14(2)23-16-7-5-6-10-26(16)18;/h5-10H,11-12H2,1-4H3;1H. The lowest BCUT2D eigenvalue weighted by atomic mass is 10.2. The Kier molecular flexibility index (Phi) is 6.67. The summed E-state index contributed by atoms with van der Waals surface area (Å²) >= 11 is 7.85. The molecule has 0 saturated carbocycles. The van der Waals surface area contributed by atoms with E-state index in [1.54, 1.807) is 4.90 Å². The van der Waals surface area contributed by atoms with E-state index >= 15 is 0 Å². The number of nitrogens with zero attached hydrogens (tertiary/aromatic N) is 5. The Morgan fingerprint density at radius 1 is 1.13 bits per heavy atom. The molecule has 6 nitrogen and oxygen atoms in total. The number of carbonyl (C=O) groups excluding carboxylic acids is 1. The van der Waals surface area contributed by atoms with Crippen LogP contribution < -0.4 is 4.90 Å². The molecule has 3 heterocycles. The predicted octanol–water partition coefficient (Wildman–Crippen LogP) is 4.84. The molecule has 30 heavy (non-hydrogen) atoms. The van der Waals surface area contributed by atoms with Crippen LogP contribution in [0, 0.1) is 13.8 Å². The molecule has 158 valence electrons. The lowest BCUT2D eigenvalue weighted by Gasteiger charge is -2.22. The number of benzene rings is 1. The summed E-state index contributed by atoms with van der Waals surface area (Å²) in [6.45, 7) is 5.10. The lowest BCUT2D eigenvalue weighted by Crippen LogP contribution is -2.37. The fourth-order valence-electron chi connectivity index (χ4n) is 3.29. The molecule has 3 aromatic heterocycles. The van der Waals surface area contributed by atoms with Gasteiger partial charge >= 0.3 is 0 Å². The number of hydrogen-bond acceptors (Lipinski definition) is 5. The van der Waals surface area contributed by atoms with Crippen molar-refractivity contribution in [2.24, 2.45) is 0 Å². The summed E-state index contributed by atoms with van der Waals surface area (Å²) in [4.78, 5) is 26.8. The highest BCUT2D eigenvalue weighted by Crippen LogP contribution is 2.36. The number of carbonyl (C=O) groups is 1. The number of aromatic nitrogens is 3. The number of anilines is 1. The van der Waals surface area contributed by atoms with Crippen LogP contribution in [0.2, 0.25) is 5.02 Å². The van der Waals surface area contributed by atoms with E-state index in [-0.39, 0.29) is 18.3 Å². The lowest BCUT2D eigenvalue weighted by molar-refractivity contribution is 0.0979. The normalized spacial score (nSPS) is 11.3. The highest BCUT2D eigenvalue weighted by atomic mass is 35.5. The average Bonchev–Trinajstić information content (AvgIpc) is 3.26. The number of imidazole rings is 1. The van der Waals surface area contributed by atoms with Gasteiger partial charge in [-0.3, -0.25) is 14.1 Å². The highest BCUT2D eigenvalue weighted by molar-refractivity contribution is 7.23. The minimum absolute atomic E-state index is 0. The summed E-state index contributed by atoms with van der Waals surface area (Å²) in [7, 11) is 3.98. The van der Waals surface area contributed by atoms with Crippen LogP contribution in [0.25, 0.3) is 15.9 Å². The van der Waals surface area contributed by atoms with Crippen LogP contribution in [0.3, 0.4) is 0 Å². The molecule has 0 saturated heterocycles. The smallest absolute Gasteiger partial charge is 0.279 e. The van der Waals surface area contributed by atoms with Crippen molar-refractivity contribution in [3.63, 3.8) is 0 Å². The summed E-state index contributed by atoms with van der Waals surface area (Å²) in [5.41, 5.74) is 3.89. The largest absolute Gasteiger partial charge is 0.308 e. The van der Waals surface area contributed by atoms with Crippen molar-refractivity contribution < 1.29 is 4.79 Å². The monoisotopic (exact) mass is 463 g/mol. The highest BCUT2D eigenvalue weighted by Gasteiger charge is 2.26. The van der Waals surface area contributed by atoms with Crippen LogP contribution in [0.4, 0.5) is 5.13 Å². The van der Waals surface area contributed by atoms with E-state index in [0.29, 0.717) is 34.6 Å². The van der Waals surface area contributed by atoms with Gasteiger partial charge in [-0.1, -0.05) is 35.1 Å². The van der Waals surface area contributed by atoms with E-state index in [1.807, 2.05) is 73.8 Å². The van der Waals surface area contributed by atoms with Gasteiger partial charge in [0.1, 0.15) is 11.3 Å². The fourth-order valence-corrected chi connectivity index (χ4v) is 4.63. The molecule has 1 aromatic carbocycles. The van der Waals surface area contributed by atoms with Gasteiger partial charge in [-0.15, -0.1) is 12.4 Å². The molecule has 0 unspecified atom stereocenters. The molecule has 9 heteroatoms. The Bertz CT molecular complexity index is 1180. The Hall–Kier alpha value is -2.19. The molecule has 0 radical (unpaired) electrons. The Morgan fingerprint density at radius 3 is 2.60 bits per heavy atom. The maximum atomic E-state index is 13.7. The van der Waals surface area contributed by atoms with Gasteiger partial charge in [0.2, 0.25) is 0 Å². The van der Waals surface area contributed by atoms with Crippen LogP contribution in [0.1, 0.15) is 21.7 Å². The van der Waals surface area contributed by atoms with Gasteiger partial charge in [0, 0.05) is 19.3 Å². The summed E-state index contributed by atoms with van der Waals surface area (Å²) in [5.74, 6) is -0.115. The maximum Gasteiger partial charge on any atom is 0.279 e. The first kappa shape index (κ1) is 22.5. The summed E-state index contributed by atoms with van der Waals surface area (Å²) in [5, 5.41) is 1.30. The molecular formula is C21H23Cl2N5OS. The fraction of sp³-hybridized carbons (Fsp3) is 0.286. The minimum atomic E-state index is -0.115. The SMILES string of the molecule is Cc1nc2ccccn2c1C(=O)N(CCN(C)C)c1nc2c(C)ccc(Cl)c2s1.Cl. The van der Waals surface area contributed by atoms with Crippen LogP contribution in [-0.2, 0) is 0 Å². The van der Waals surface area contributed by atoms with Gasteiger partial charge in [0.25, 0.3) is 5.91 Å². The zero-order valence-corrected chi connectivity index (χ0v) is 19.6. The molecule has 4 rings (SSSR count). The van der Waals surface area contributed by atoms with E-state index in [0.717, 1.165) is 21.4 Å². The molecule has 0 aliphatic carbocycles. The molecule has 0 aliphatic heterocycles. The Labute approximate surface area is 190 Å². The molecule has 4 aromatic rings. The first-order valence-corrected chi connectivity index (χ1v) is 10.5. The van der Waals surface area contributed by atoms with E-state index < -0.39 is 0 Å². The minimum Gasteiger partial charge on any atom is -0.308 e. The zero-order chi connectivity index (χ0) is 20.7. The summed E-state index contributed by atoms with van der Waals surface area (Å²) in [6.07, 6.45) is 1.87. The van der Waals surface area contributed by atoms with Crippen LogP contribution in [-0.4, -0.2) is 52.4 Å². The quantitative estimate of drug-likeness (QED) is 0.424. The summed E-state index contributed by atoms with van der Waals surface area (Å²) < 4.78 is 2.74. The van der Waals surface area contributed by atoms with Crippen molar-refractivity contribution >= 4 is 62.2 Å². The number of rotatable bonds is 5. The first-order chi connectivity index (χ1) is 13.9. The molecule has 1 amide bonds. The van der Waals surface area contributed by atoms with Gasteiger partial charge in [-0.2, -0.15) is 0 Å². The van der Waals surface area contributed by atoms with Gasteiger partial charge in [0.05, 0.1) is 20.9 Å². The van der Waals surface area contributed by atoms with Crippen LogP contribution >= 0.6 is 35.3 Å². The molecule has 0 bridgehead atoms. The van der Waals surface area contributed by atoms with Crippen molar-refractivity contribution in [1.29, 1.82) is 0 Å². The first-order valence-electron chi connectivity index (χ1n) is 9.32. The average molecular weight is 464 g/mol. The Balaban J connectivity index is 0.00000256. The van der Waals surface area contributed by atoms with Crippen molar-refractivity contribution in [2.75, 3.05) is 32.1 Å². The molecule has 0 spiro atoms. The number of fused-ring (bicyclic) bond motifs is 2. The van der Waals surface area contributed by atoms with E-state index in [2.05, 4.69) is 4.98 Å². The van der Waals surface area contributed by atoms with Gasteiger partial charge in [-0.05, 0) is 51.7 Å². The van der Waals surface area contributed by atoms with E-state index in [1.165, 1.54) is 11.3 Å². The van der Waals surface area contributed by atoms with Crippen molar-refractivity contribution in [3.05, 3.63) is 58.5 Å². The molecular weight excluding hydrogens is 441 g/mol. The predicted molar refractivity (Wildman–Crippen MR) is 127 cm³/mol. The molecule has 0 fully saturated rings. The second kappa shape index (κ2) is 8.89. The number of aryl methyl sites for hydroxylation is 2. The van der Waals surface area contributed by atoms with Crippen molar-refractivity contribution in [3.8, 4) is 0 Å². The number of hydrogen-bond donors (Lipinski definition) is 0. The number of likely N-dealkylation sites (N-methyl/N-ethyl adjacent to an activating group) is 1. The molecule has 0 N–H and O–H groups in total.